The number of pyridine rings is 1. The van der Waals surface area contributed by atoms with E-state index in [-0.39, 0.29) is 10.8 Å². The summed E-state index contributed by atoms with van der Waals surface area (Å²) in [6, 6.07) is 8.78. The maximum Gasteiger partial charge on any atom is 0.242 e. The zero-order valence-corrected chi connectivity index (χ0v) is 19.0. The molecule has 8 nitrogen and oxygen atoms in total. The molecule has 0 saturated carbocycles. The molecule has 166 valence electrons. The fourth-order valence-corrected chi connectivity index (χ4v) is 4.23. The van der Waals surface area contributed by atoms with E-state index in [0.29, 0.717) is 24.9 Å². The molecular formula is C22H29N5O3S. The van der Waals surface area contributed by atoms with Crippen LogP contribution >= 0.6 is 0 Å². The predicted molar refractivity (Wildman–Crippen MR) is 120 cm³/mol. The minimum atomic E-state index is -3.53. The quantitative estimate of drug-likeness (QED) is 0.520. The lowest BCUT2D eigenvalue weighted by atomic mass is 10.2. The molecule has 0 radical (unpaired) electrons. The van der Waals surface area contributed by atoms with Crippen molar-refractivity contribution in [1.29, 1.82) is 0 Å². The van der Waals surface area contributed by atoms with Crippen LogP contribution in [-0.4, -0.2) is 47.3 Å². The number of hydrogen-bond donors (Lipinski definition) is 1. The summed E-state index contributed by atoms with van der Waals surface area (Å²) in [4.78, 5) is 21.3. The van der Waals surface area contributed by atoms with Gasteiger partial charge < -0.3 is 9.88 Å². The van der Waals surface area contributed by atoms with Gasteiger partial charge in [-0.3, -0.25) is 9.78 Å². The van der Waals surface area contributed by atoms with Crippen molar-refractivity contribution in [2.75, 3.05) is 14.1 Å². The van der Waals surface area contributed by atoms with Crippen molar-refractivity contribution in [3.8, 4) is 0 Å². The topological polar surface area (TPSA) is 97.2 Å². The number of sulfonamides is 1. The Morgan fingerprint density at radius 1 is 1.23 bits per heavy atom. The van der Waals surface area contributed by atoms with Crippen LogP contribution in [0, 0.1) is 0 Å². The van der Waals surface area contributed by atoms with E-state index in [1.807, 2.05) is 12.1 Å². The lowest BCUT2D eigenvalue weighted by Gasteiger charge is -2.11. The molecular weight excluding hydrogens is 414 g/mol. The lowest BCUT2D eigenvalue weighted by Crippen LogP contribution is -2.23. The molecule has 0 aliphatic carbocycles. The highest BCUT2D eigenvalue weighted by Gasteiger charge is 2.20. The number of carbonyl (C=O) groups is 1. The van der Waals surface area contributed by atoms with Crippen molar-refractivity contribution in [2.45, 2.75) is 50.6 Å². The Morgan fingerprint density at radius 2 is 2.03 bits per heavy atom. The highest BCUT2D eigenvalue weighted by Crippen LogP contribution is 2.23. The van der Waals surface area contributed by atoms with E-state index in [1.54, 1.807) is 30.6 Å². The minimum Gasteiger partial charge on any atom is -0.352 e. The largest absolute Gasteiger partial charge is 0.352 e. The summed E-state index contributed by atoms with van der Waals surface area (Å²) in [6.07, 6.45) is 6.21. The summed E-state index contributed by atoms with van der Waals surface area (Å²) in [7, 11) is -0.516. The molecule has 3 rings (SSSR count). The first-order valence-electron chi connectivity index (χ1n) is 10.4. The summed E-state index contributed by atoms with van der Waals surface area (Å²) >= 11 is 0. The molecule has 0 fully saturated rings. The predicted octanol–water partition coefficient (Wildman–Crippen LogP) is 2.73. The fraction of sp³-hybridized carbons (Fsp3) is 0.409. The van der Waals surface area contributed by atoms with Crippen molar-refractivity contribution < 1.29 is 13.2 Å². The van der Waals surface area contributed by atoms with Crippen molar-refractivity contribution in [1.82, 2.24) is 24.2 Å². The van der Waals surface area contributed by atoms with Gasteiger partial charge in [-0.15, -0.1) is 0 Å². The van der Waals surface area contributed by atoms with Gasteiger partial charge in [-0.1, -0.05) is 19.4 Å². The molecule has 9 heteroatoms. The summed E-state index contributed by atoms with van der Waals surface area (Å²) in [5, 5.41) is 2.91. The van der Waals surface area contributed by atoms with Crippen molar-refractivity contribution in [2.24, 2.45) is 0 Å². The zero-order valence-electron chi connectivity index (χ0n) is 18.2. The van der Waals surface area contributed by atoms with Crippen LogP contribution in [0.25, 0.3) is 11.0 Å². The van der Waals surface area contributed by atoms with Gasteiger partial charge in [-0.05, 0) is 36.2 Å². The van der Waals surface area contributed by atoms with Gasteiger partial charge in [0.15, 0.2) is 0 Å². The molecule has 0 saturated heterocycles. The Hall–Kier alpha value is -2.78. The number of rotatable bonds is 10. The van der Waals surface area contributed by atoms with Gasteiger partial charge in [-0.2, -0.15) is 0 Å². The molecule has 1 aromatic carbocycles. The van der Waals surface area contributed by atoms with E-state index < -0.39 is 10.0 Å². The van der Waals surface area contributed by atoms with Crippen molar-refractivity contribution in [3.63, 3.8) is 0 Å². The minimum absolute atomic E-state index is 0.0613. The Bertz CT molecular complexity index is 1140. The molecule has 31 heavy (non-hydrogen) atoms. The molecule has 2 heterocycles. The number of fused-ring (bicyclic) bond motifs is 1. The molecule has 0 atom stereocenters. The number of carbonyl (C=O) groups excluding carboxylic acids is 1. The smallest absolute Gasteiger partial charge is 0.242 e. The lowest BCUT2D eigenvalue weighted by molar-refractivity contribution is -0.121. The molecule has 1 N–H and O–H groups in total. The van der Waals surface area contributed by atoms with Crippen molar-refractivity contribution >= 4 is 27.0 Å². The highest BCUT2D eigenvalue weighted by molar-refractivity contribution is 7.89. The zero-order chi connectivity index (χ0) is 22.4. The van der Waals surface area contributed by atoms with E-state index in [9.17, 15) is 13.2 Å². The molecule has 1 amide bonds. The molecule has 0 unspecified atom stereocenters. The monoisotopic (exact) mass is 443 g/mol. The molecule has 0 aliphatic rings. The fourth-order valence-electron chi connectivity index (χ4n) is 3.30. The number of imidazole rings is 1. The van der Waals surface area contributed by atoms with Crippen LogP contribution in [0.4, 0.5) is 0 Å². The molecule has 2 aromatic heterocycles. The van der Waals surface area contributed by atoms with Gasteiger partial charge in [0.1, 0.15) is 5.82 Å². The number of amides is 1. The van der Waals surface area contributed by atoms with Gasteiger partial charge >= 0.3 is 0 Å². The Morgan fingerprint density at radius 3 is 2.71 bits per heavy atom. The van der Waals surface area contributed by atoms with Crippen LogP contribution in [0.2, 0.25) is 0 Å². The molecule has 0 aliphatic heterocycles. The number of benzene rings is 1. The Kier molecular flexibility index (Phi) is 7.40. The summed E-state index contributed by atoms with van der Waals surface area (Å²) in [5.41, 5.74) is 2.46. The van der Waals surface area contributed by atoms with Crippen LogP contribution in [0.3, 0.4) is 0 Å². The average Bonchev–Trinajstić information content (AvgIpc) is 3.12. The first-order valence-corrected chi connectivity index (χ1v) is 11.8. The van der Waals surface area contributed by atoms with Crippen molar-refractivity contribution in [3.05, 3.63) is 54.1 Å². The summed E-state index contributed by atoms with van der Waals surface area (Å²) < 4.78 is 28.2. The van der Waals surface area contributed by atoms with Gasteiger partial charge in [0.05, 0.1) is 15.9 Å². The van der Waals surface area contributed by atoms with Gasteiger partial charge in [0, 0.05) is 52.4 Å². The maximum absolute atomic E-state index is 12.5. The van der Waals surface area contributed by atoms with Gasteiger partial charge in [-0.25, -0.2) is 17.7 Å². The SMILES string of the molecule is CCCCn1c(CCC(=O)NCc2cccnc2)nc2cc(S(=O)(=O)N(C)C)ccc21. The summed E-state index contributed by atoms with van der Waals surface area (Å²) in [5.74, 6) is 0.730. The molecule has 0 spiro atoms. The third-order valence-electron chi connectivity index (χ3n) is 5.10. The number of unbranched alkanes of at least 4 members (excludes halogenated alkanes) is 1. The number of aryl methyl sites for hydroxylation is 2. The van der Waals surface area contributed by atoms with E-state index >= 15 is 0 Å². The van der Waals surface area contributed by atoms with E-state index in [1.165, 1.54) is 18.4 Å². The van der Waals surface area contributed by atoms with E-state index in [2.05, 4.69) is 26.8 Å². The maximum atomic E-state index is 12.5. The van der Waals surface area contributed by atoms with Crippen LogP contribution in [0.1, 0.15) is 37.6 Å². The second kappa shape index (κ2) is 10.0. The first-order chi connectivity index (χ1) is 14.8. The van der Waals surface area contributed by atoms with Crippen LogP contribution < -0.4 is 5.32 Å². The second-order valence-corrected chi connectivity index (χ2v) is 9.76. The average molecular weight is 444 g/mol. The standard InChI is InChI=1S/C22H29N5O3S/c1-4-5-13-27-20-9-8-18(31(29,30)26(2)3)14-19(20)25-21(27)10-11-22(28)24-16-17-7-6-12-23-15-17/h6-9,12,14-15H,4-5,10-11,13,16H2,1-3H3,(H,24,28). The highest BCUT2D eigenvalue weighted by atomic mass is 32.2. The van der Waals surface area contributed by atoms with Crippen LogP contribution in [-0.2, 0) is 34.3 Å². The molecule has 3 aromatic rings. The van der Waals surface area contributed by atoms with E-state index in [4.69, 9.17) is 0 Å². The Labute approximate surface area is 183 Å². The first kappa shape index (κ1) is 22.9. The summed E-state index contributed by atoms with van der Waals surface area (Å²) in [6.45, 7) is 3.33. The third-order valence-corrected chi connectivity index (χ3v) is 6.91. The number of nitrogens with one attached hydrogen (secondary N) is 1. The number of aromatic nitrogens is 3. The van der Waals surface area contributed by atoms with E-state index in [0.717, 1.165) is 36.3 Å². The normalized spacial score (nSPS) is 11.9. The molecule has 0 bridgehead atoms. The number of hydrogen-bond acceptors (Lipinski definition) is 5. The van der Waals surface area contributed by atoms with Gasteiger partial charge in [0.2, 0.25) is 15.9 Å². The van der Waals surface area contributed by atoms with Crippen LogP contribution in [0.15, 0.2) is 47.6 Å². The van der Waals surface area contributed by atoms with Gasteiger partial charge in [0.25, 0.3) is 0 Å². The van der Waals surface area contributed by atoms with Crippen LogP contribution in [0.5, 0.6) is 0 Å². The number of nitrogens with zero attached hydrogens (tertiary/aromatic N) is 4. The third kappa shape index (κ3) is 5.48. The Balaban J connectivity index is 1.78. The second-order valence-electron chi connectivity index (χ2n) is 7.61.